The Morgan fingerprint density at radius 1 is 1.17 bits per heavy atom. The first-order valence-electron chi connectivity index (χ1n) is 10.9. The average Bonchev–Trinajstić information content (AvgIpc) is 2.86. The average molecular weight is 533 g/mol. The maximum Gasteiger partial charge on any atom is 0.266 e. The molecule has 1 amide bonds. The highest BCUT2D eigenvalue weighted by Crippen LogP contribution is 2.35. The second kappa shape index (κ2) is 10.5. The van der Waals surface area contributed by atoms with E-state index in [1.54, 1.807) is 24.5 Å². The van der Waals surface area contributed by atoms with E-state index in [1.165, 1.54) is 42.4 Å². The van der Waals surface area contributed by atoms with E-state index in [0.29, 0.717) is 16.5 Å². The van der Waals surface area contributed by atoms with Crippen LogP contribution in [-0.2, 0) is 10.0 Å². The number of rotatable bonds is 7. The van der Waals surface area contributed by atoms with E-state index >= 15 is 0 Å². The first kappa shape index (κ1) is 25.4. The lowest BCUT2D eigenvalue weighted by molar-refractivity contribution is 0.0981. The number of hydrogen-bond acceptors (Lipinski definition) is 9. The van der Waals surface area contributed by atoms with Crippen molar-refractivity contribution in [3.8, 4) is 0 Å². The number of hydrogen-bond donors (Lipinski definition) is 2. The minimum Gasteiger partial charge on any atom is -0.355 e. The van der Waals surface area contributed by atoms with Crippen molar-refractivity contribution in [2.75, 3.05) is 24.5 Å². The molecule has 0 radical (unpaired) electrons. The molecular weight excluding hydrogens is 508 g/mol. The first-order chi connectivity index (χ1) is 16.7. The Labute approximate surface area is 213 Å². The van der Waals surface area contributed by atoms with Crippen LogP contribution in [0.25, 0.3) is 0 Å². The molecule has 1 fully saturated rings. The molecular formula is C23H25ClN6O3S2. The maximum absolute atomic E-state index is 12.7. The van der Waals surface area contributed by atoms with Crippen molar-refractivity contribution < 1.29 is 13.2 Å². The van der Waals surface area contributed by atoms with Gasteiger partial charge in [-0.25, -0.2) is 23.1 Å². The van der Waals surface area contributed by atoms with E-state index in [1.807, 2.05) is 4.72 Å². The molecule has 4 rings (SSSR count). The second-order valence-electron chi connectivity index (χ2n) is 8.55. The Hall–Kier alpha value is -2.73. The van der Waals surface area contributed by atoms with Gasteiger partial charge in [0.2, 0.25) is 0 Å². The lowest BCUT2D eigenvalue weighted by atomic mass is 9.80. The van der Waals surface area contributed by atoms with Gasteiger partial charge in [0.25, 0.3) is 15.9 Å². The first-order valence-corrected chi connectivity index (χ1v) is 13.6. The third-order valence-corrected chi connectivity index (χ3v) is 8.86. The van der Waals surface area contributed by atoms with Crippen LogP contribution in [0.2, 0.25) is 5.02 Å². The monoisotopic (exact) mass is 532 g/mol. The van der Waals surface area contributed by atoms with Crippen LogP contribution >= 0.6 is 23.4 Å². The zero-order valence-corrected chi connectivity index (χ0v) is 21.4. The summed E-state index contributed by atoms with van der Waals surface area (Å²) in [4.78, 5) is 28.2. The highest BCUT2D eigenvalue weighted by molar-refractivity contribution is 7.99. The summed E-state index contributed by atoms with van der Waals surface area (Å²) >= 11 is 7.71. The predicted molar refractivity (Wildman–Crippen MR) is 135 cm³/mol. The van der Waals surface area contributed by atoms with E-state index in [9.17, 15) is 13.2 Å². The number of aromatic nitrogens is 3. The molecule has 2 aromatic heterocycles. The van der Waals surface area contributed by atoms with Crippen LogP contribution in [0.3, 0.4) is 0 Å². The van der Waals surface area contributed by atoms with Gasteiger partial charge in [-0.05, 0) is 49.1 Å². The van der Waals surface area contributed by atoms with Crippen LogP contribution in [0.15, 0.2) is 69.9 Å². The lowest BCUT2D eigenvalue weighted by Crippen LogP contribution is -2.42. The van der Waals surface area contributed by atoms with Crippen molar-refractivity contribution in [2.24, 2.45) is 11.1 Å². The van der Waals surface area contributed by atoms with Crippen molar-refractivity contribution >= 4 is 45.1 Å². The topological polar surface area (TPSA) is 131 Å². The number of halogens is 1. The lowest BCUT2D eigenvalue weighted by Gasteiger charge is -2.39. The van der Waals surface area contributed by atoms with Crippen LogP contribution in [0, 0.1) is 5.41 Å². The molecule has 0 aliphatic carbocycles. The molecule has 1 saturated heterocycles. The molecule has 1 aliphatic rings. The van der Waals surface area contributed by atoms with E-state index in [0.717, 1.165) is 31.7 Å². The summed E-state index contributed by atoms with van der Waals surface area (Å²) in [6.45, 7) is 4.64. The van der Waals surface area contributed by atoms with Crippen LogP contribution in [0.1, 0.15) is 30.1 Å². The summed E-state index contributed by atoms with van der Waals surface area (Å²) in [6.07, 6.45) is 8.05. The molecule has 0 atom stereocenters. The Kier molecular flexibility index (Phi) is 7.60. The highest BCUT2D eigenvalue weighted by Gasteiger charge is 2.29. The smallest absolute Gasteiger partial charge is 0.266 e. The normalized spacial score (nSPS) is 15.6. The summed E-state index contributed by atoms with van der Waals surface area (Å²) in [7, 11) is -4.06. The molecule has 0 bridgehead atoms. The largest absolute Gasteiger partial charge is 0.355 e. The molecule has 1 aliphatic heterocycles. The minimum atomic E-state index is -4.06. The zero-order chi connectivity index (χ0) is 25.1. The predicted octanol–water partition coefficient (Wildman–Crippen LogP) is 3.36. The number of carbonyl (C=O) groups is 1. The number of amides is 1. The van der Waals surface area contributed by atoms with Crippen molar-refractivity contribution in [1.82, 2.24) is 19.7 Å². The third kappa shape index (κ3) is 5.92. The van der Waals surface area contributed by atoms with Crippen molar-refractivity contribution in [3.05, 3.63) is 65.7 Å². The molecule has 3 heterocycles. The molecule has 3 N–H and O–H groups in total. The van der Waals surface area contributed by atoms with Crippen molar-refractivity contribution in [1.29, 1.82) is 0 Å². The third-order valence-electron chi connectivity index (χ3n) is 6.01. The minimum absolute atomic E-state index is 0.0372. The number of benzene rings is 1. The summed E-state index contributed by atoms with van der Waals surface area (Å²) in [5.74, 6) is -0.0285. The molecule has 0 saturated carbocycles. The van der Waals surface area contributed by atoms with Crippen molar-refractivity contribution in [3.63, 3.8) is 0 Å². The molecule has 1 aromatic carbocycles. The second-order valence-corrected chi connectivity index (χ2v) is 11.7. The number of nitrogens with two attached hydrogens (primary N) is 1. The fourth-order valence-electron chi connectivity index (χ4n) is 3.64. The molecule has 35 heavy (non-hydrogen) atoms. The van der Waals surface area contributed by atoms with Gasteiger partial charge in [-0.3, -0.25) is 9.78 Å². The molecule has 3 aromatic rings. The molecule has 184 valence electrons. The number of carbonyl (C=O) groups excluding carboxylic acids is 1. The molecule has 0 unspecified atom stereocenters. The standard InChI is InChI=1S/C23H25ClN6O3S2/c1-23(15-25)7-11-30(12-8-23)19-13-28-20(14-27-19)34-18-4-2-3-17(21(18)24)22(31)29-35(32,33)16-5-9-26-10-6-16/h2-6,9-10,13-14H,7-8,11-12,15,25H2,1H3,(H,29,31). The maximum atomic E-state index is 12.7. The van der Waals surface area contributed by atoms with Gasteiger partial charge in [0.1, 0.15) is 10.8 Å². The van der Waals surface area contributed by atoms with Crippen LogP contribution in [0.5, 0.6) is 0 Å². The summed E-state index contributed by atoms with van der Waals surface area (Å²) in [6, 6.07) is 7.42. The SMILES string of the molecule is CC1(CN)CCN(c2cnc(Sc3cccc(C(=O)NS(=O)(=O)c4ccncc4)c3Cl)cn2)CC1. The van der Waals surface area contributed by atoms with Gasteiger partial charge >= 0.3 is 0 Å². The summed E-state index contributed by atoms with van der Waals surface area (Å²) < 4.78 is 27.0. The van der Waals surface area contributed by atoms with Gasteiger partial charge in [0, 0.05) is 30.4 Å². The number of piperidine rings is 1. The van der Waals surface area contributed by atoms with Crippen molar-refractivity contribution in [2.45, 2.75) is 34.6 Å². The van der Waals surface area contributed by atoms with Crippen LogP contribution < -0.4 is 15.4 Å². The quantitative estimate of drug-likeness (QED) is 0.470. The number of pyridine rings is 1. The van der Waals surface area contributed by atoms with E-state index in [2.05, 4.69) is 26.8 Å². The van der Waals surface area contributed by atoms with Gasteiger partial charge in [0.15, 0.2) is 0 Å². The number of sulfonamides is 1. The van der Waals surface area contributed by atoms with Gasteiger partial charge in [0.05, 0.1) is 27.9 Å². The Morgan fingerprint density at radius 2 is 1.89 bits per heavy atom. The number of anilines is 1. The molecule has 12 heteroatoms. The highest BCUT2D eigenvalue weighted by atomic mass is 35.5. The fourth-order valence-corrected chi connectivity index (χ4v) is 5.70. The number of nitrogens with zero attached hydrogens (tertiary/aromatic N) is 4. The molecule has 0 spiro atoms. The fraction of sp³-hybridized carbons (Fsp3) is 0.304. The number of nitrogens with one attached hydrogen (secondary N) is 1. The zero-order valence-electron chi connectivity index (χ0n) is 19.0. The summed E-state index contributed by atoms with van der Waals surface area (Å²) in [5.41, 5.74) is 6.11. The van der Waals surface area contributed by atoms with Gasteiger partial charge in [-0.15, -0.1) is 0 Å². The van der Waals surface area contributed by atoms with E-state index < -0.39 is 15.9 Å². The van der Waals surface area contributed by atoms with Crippen LogP contribution in [0.4, 0.5) is 5.82 Å². The van der Waals surface area contributed by atoms with E-state index in [4.69, 9.17) is 17.3 Å². The molecule has 9 nitrogen and oxygen atoms in total. The van der Waals surface area contributed by atoms with E-state index in [-0.39, 0.29) is 20.9 Å². The van der Waals surface area contributed by atoms with Gasteiger partial charge < -0.3 is 10.6 Å². The van der Waals surface area contributed by atoms with Gasteiger partial charge in [-0.2, -0.15) is 0 Å². The Balaban J connectivity index is 1.45. The Morgan fingerprint density at radius 3 is 2.51 bits per heavy atom. The Bertz CT molecular complexity index is 1300. The summed E-state index contributed by atoms with van der Waals surface area (Å²) in [5, 5.41) is 0.726. The van der Waals surface area contributed by atoms with Crippen LogP contribution in [-0.4, -0.2) is 48.9 Å². The van der Waals surface area contributed by atoms with Gasteiger partial charge in [-0.1, -0.05) is 36.4 Å².